The number of methoxy groups -OCH3 is 3. The molecule has 0 aliphatic carbocycles. The van der Waals surface area contributed by atoms with Crippen molar-refractivity contribution in [3.8, 4) is 17.2 Å². The number of hydrogen-bond acceptors (Lipinski definition) is 5. The molecular weight excluding hydrogens is 274 g/mol. The first kappa shape index (κ1) is 14.7. The van der Waals surface area contributed by atoms with E-state index in [0.29, 0.717) is 17.2 Å². The predicted octanol–water partition coefficient (Wildman–Crippen LogP) is 3.02. The van der Waals surface area contributed by atoms with Gasteiger partial charge in [-0.1, -0.05) is 6.07 Å². The van der Waals surface area contributed by atoms with E-state index in [4.69, 9.17) is 19.9 Å². The molecule has 0 saturated carbocycles. The van der Waals surface area contributed by atoms with E-state index in [-0.39, 0.29) is 6.04 Å². The fourth-order valence-electron chi connectivity index (χ4n) is 2.10. The molecule has 1 atom stereocenters. The zero-order valence-corrected chi connectivity index (χ0v) is 12.7. The minimum atomic E-state index is -0.150. The second kappa shape index (κ2) is 6.63. The number of nitrogens with two attached hydrogens (primary N) is 1. The van der Waals surface area contributed by atoms with E-state index in [1.165, 1.54) is 4.88 Å². The lowest BCUT2D eigenvalue weighted by Crippen LogP contribution is -2.14. The van der Waals surface area contributed by atoms with Gasteiger partial charge in [-0.05, 0) is 17.5 Å². The molecule has 5 heteroatoms. The molecule has 2 rings (SSSR count). The molecule has 0 aliphatic rings. The van der Waals surface area contributed by atoms with Gasteiger partial charge in [-0.15, -0.1) is 11.3 Å². The number of thiophene rings is 1. The summed E-state index contributed by atoms with van der Waals surface area (Å²) in [5.74, 6) is 2.01. The third-order valence-corrected chi connectivity index (χ3v) is 4.04. The third-order valence-electron chi connectivity index (χ3n) is 3.14. The van der Waals surface area contributed by atoms with Crippen LogP contribution in [0.3, 0.4) is 0 Å². The van der Waals surface area contributed by atoms with Crippen molar-refractivity contribution in [1.82, 2.24) is 0 Å². The second-order valence-corrected chi connectivity index (χ2v) is 5.37. The summed E-state index contributed by atoms with van der Waals surface area (Å²) in [6.45, 7) is 0. The van der Waals surface area contributed by atoms with Crippen LogP contribution in [0.1, 0.15) is 16.5 Å². The van der Waals surface area contributed by atoms with Gasteiger partial charge >= 0.3 is 0 Å². The van der Waals surface area contributed by atoms with Gasteiger partial charge in [0.2, 0.25) is 0 Å². The molecule has 1 unspecified atom stereocenters. The Balaban J connectivity index is 2.33. The van der Waals surface area contributed by atoms with Crippen LogP contribution in [0.15, 0.2) is 29.6 Å². The Kier molecular flexibility index (Phi) is 4.87. The van der Waals surface area contributed by atoms with Gasteiger partial charge in [0.05, 0.1) is 21.3 Å². The van der Waals surface area contributed by atoms with Gasteiger partial charge in [0, 0.05) is 29.0 Å². The van der Waals surface area contributed by atoms with Crippen molar-refractivity contribution in [3.05, 3.63) is 40.1 Å². The molecule has 1 heterocycles. The van der Waals surface area contributed by atoms with Crippen LogP contribution in [0, 0.1) is 0 Å². The Morgan fingerprint density at radius 2 is 1.70 bits per heavy atom. The SMILES string of the molecule is COc1cc(OC)c(C(N)Cc2cccs2)cc1OC. The molecular formula is C15H19NO3S. The summed E-state index contributed by atoms with van der Waals surface area (Å²) in [5, 5.41) is 2.05. The molecule has 1 aromatic carbocycles. The quantitative estimate of drug-likeness (QED) is 0.889. The zero-order chi connectivity index (χ0) is 14.5. The number of benzene rings is 1. The largest absolute Gasteiger partial charge is 0.496 e. The summed E-state index contributed by atoms with van der Waals surface area (Å²) >= 11 is 1.70. The lowest BCUT2D eigenvalue weighted by Gasteiger charge is -2.18. The number of ether oxygens (including phenoxy) is 3. The van der Waals surface area contributed by atoms with Crippen LogP contribution >= 0.6 is 11.3 Å². The maximum atomic E-state index is 6.31. The molecule has 0 amide bonds. The zero-order valence-electron chi connectivity index (χ0n) is 11.9. The van der Waals surface area contributed by atoms with Crippen molar-refractivity contribution >= 4 is 11.3 Å². The van der Waals surface area contributed by atoms with Crippen molar-refractivity contribution in [2.24, 2.45) is 5.73 Å². The Hall–Kier alpha value is -1.72. The van der Waals surface area contributed by atoms with Gasteiger partial charge in [-0.25, -0.2) is 0 Å². The number of rotatable bonds is 6. The summed E-state index contributed by atoms with van der Waals surface area (Å²) < 4.78 is 16.0. The van der Waals surface area contributed by atoms with Gasteiger partial charge in [0.15, 0.2) is 11.5 Å². The normalized spacial score (nSPS) is 12.0. The maximum Gasteiger partial charge on any atom is 0.164 e. The van der Waals surface area contributed by atoms with E-state index in [0.717, 1.165) is 12.0 Å². The summed E-state index contributed by atoms with van der Waals surface area (Å²) in [6.07, 6.45) is 0.767. The molecule has 2 aromatic rings. The number of hydrogen-bond donors (Lipinski definition) is 1. The molecule has 0 spiro atoms. The summed E-state index contributed by atoms with van der Waals surface area (Å²) in [4.78, 5) is 1.24. The molecule has 1 aromatic heterocycles. The van der Waals surface area contributed by atoms with Crippen molar-refractivity contribution in [2.75, 3.05) is 21.3 Å². The summed E-state index contributed by atoms with van der Waals surface area (Å²) in [7, 11) is 4.84. The van der Waals surface area contributed by atoms with Crippen LogP contribution in [-0.2, 0) is 6.42 Å². The molecule has 4 nitrogen and oxygen atoms in total. The van der Waals surface area contributed by atoms with E-state index in [9.17, 15) is 0 Å². The van der Waals surface area contributed by atoms with Gasteiger partial charge in [-0.3, -0.25) is 0 Å². The lowest BCUT2D eigenvalue weighted by molar-refractivity contribution is 0.346. The predicted molar refractivity (Wildman–Crippen MR) is 81.0 cm³/mol. The smallest absolute Gasteiger partial charge is 0.164 e. The highest BCUT2D eigenvalue weighted by Gasteiger charge is 2.17. The Morgan fingerprint density at radius 3 is 2.25 bits per heavy atom. The molecule has 2 N–H and O–H groups in total. The minimum Gasteiger partial charge on any atom is -0.496 e. The standard InChI is InChI=1S/C15H19NO3S/c1-17-13-9-15(19-3)14(18-2)8-11(13)12(16)7-10-5-4-6-20-10/h4-6,8-9,12H,7,16H2,1-3H3. The van der Waals surface area contributed by atoms with Gasteiger partial charge < -0.3 is 19.9 Å². The third kappa shape index (κ3) is 3.05. The van der Waals surface area contributed by atoms with Crippen LogP contribution in [0.4, 0.5) is 0 Å². The van der Waals surface area contributed by atoms with E-state index in [1.807, 2.05) is 23.6 Å². The van der Waals surface area contributed by atoms with Crippen LogP contribution < -0.4 is 19.9 Å². The highest BCUT2D eigenvalue weighted by molar-refractivity contribution is 7.09. The van der Waals surface area contributed by atoms with Crippen molar-refractivity contribution in [1.29, 1.82) is 0 Å². The fourth-order valence-corrected chi connectivity index (χ4v) is 2.86. The van der Waals surface area contributed by atoms with Crippen LogP contribution in [0.25, 0.3) is 0 Å². The van der Waals surface area contributed by atoms with Crippen molar-refractivity contribution in [2.45, 2.75) is 12.5 Å². The van der Waals surface area contributed by atoms with E-state index in [2.05, 4.69) is 6.07 Å². The molecule has 0 fully saturated rings. The average Bonchev–Trinajstić information content (AvgIpc) is 2.98. The highest BCUT2D eigenvalue weighted by Crippen LogP contribution is 2.37. The van der Waals surface area contributed by atoms with Crippen LogP contribution in [0.2, 0.25) is 0 Å². The van der Waals surface area contributed by atoms with E-state index in [1.54, 1.807) is 32.7 Å². The maximum absolute atomic E-state index is 6.31. The van der Waals surface area contributed by atoms with E-state index >= 15 is 0 Å². The Bertz CT molecular complexity index is 554. The topological polar surface area (TPSA) is 53.7 Å². The first-order valence-electron chi connectivity index (χ1n) is 6.27. The van der Waals surface area contributed by atoms with Gasteiger partial charge in [0.25, 0.3) is 0 Å². The fraction of sp³-hybridized carbons (Fsp3) is 0.333. The Labute approximate surface area is 123 Å². The van der Waals surface area contributed by atoms with Crippen LogP contribution in [-0.4, -0.2) is 21.3 Å². The monoisotopic (exact) mass is 293 g/mol. The van der Waals surface area contributed by atoms with E-state index < -0.39 is 0 Å². The molecule has 108 valence electrons. The minimum absolute atomic E-state index is 0.150. The average molecular weight is 293 g/mol. The molecule has 0 bridgehead atoms. The summed E-state index contributed by atoms with van der Waals surface area (Å²) in [6, 6.07) is 7.65. The first-order valence-corrected chi connectivity index (χ1v) is 7.15. The van der Waals surface area contributed by atoms with Crippen LogP contribution in [0.5, 0.6) is 17.2 Å². The molecule has 0 radical (unpaired) electrons. The molecule has 0 aliphatic heterocycles. The van der Waals surface area contributed by atoms with Crippen molar-refractivity contribution in [3.63, 3.8) is 0 Å². The summed E-state index contributed by atoms with van der Waals surface area (Å²) in [5.41, 5.74) is 7.22. The lowest BCUT2D eigenvalue weighted by atomic mass is 10.0. The van der Waals surface area contributed by atoms with Gasteiger partial charge in [0.1, 0.15) is 5.75 Å². The van der Waals surface area contributed by atoms with Gasteiger partial charge in [-0.2, -0.15) is 0 Å². The first-order chi connectivity index (χ1) is 9.69. The highest BCUT2D eigenvalue weighted by atomic mass is 32.1. The Morgan fingerprint density at radius 1 is 1.05 bits per heavy atom. The molecule has 0 saturated heterocycles. The second-order valence-electron chi connectivity index (χ2n) is 4.34. The van der Waals surface area contributed by atoms with Crippen molar-refractivity contribution < 1.29 is 14.2 Å². The molecule has 20 heavy (non-hydrogen) atoms.